The Balaban J connectivity index is 1.88. The standard InChI is InChI=1S/C16H13F2NO2S2/c17-15-5-1-13(2-6-15)9-11-22(20)19-23(21)12-10-14-3-7-16(18)8-4-14/h1-12,19H/b11-9-,12-10+. The molecule has 0 radical (unpaired) electrons. The van der Waals surface area contributed by atoms with Crippen molar-refractivity contribution < 1.29 is 17.2 Å². The van der Waals surface area contributed by atoms with E-state index in [1.807, 2.05) is 0 Å². The van der Waals surface area contributed by atoms with Gasteiger partial charge in [0.25, 0.3) is 0 Å². The summed E-state index contributed by atoms with van der Waals surface area (Å²) >= 11 is 0. The monoisotopic (exact) mass is 353 g/mol. The van der Waals surface area contributed by atoms with Crippen LogP contribution in [0.3, 0.4) is 0 Å². The van der Waals surface area contributed by atoms with E-state index in [9.17, 15) is 17.2 Å². The van der Waals surface area contributed by atoms with Crippen LogP contribution in [0.4, 0.5) is 8.78 Å². The minimum absolute atomic E-state index is 0.353. The Morgan fingerprint density at radius 3 is 1.39 bits per heavy atom. The van der Waals surface area contributed by atoms with Crippen molar-refractivity contribution in [1.82, 2.24) is 4.13 Å². The summed E-state index contributed by atoms with van der Waals surface area (Å²) in [6.07, 6.45) is 3.06. The lowest BCUT2D eigenvalue weighted by molar-refractivity contribution is 0.627. The third-order valence-corrected chi connectivity index (χ3v) is 4.75. The highest BCUT2D eigenvalue weighted by molar-refractivity contribution is 8.01. The highest BCUT2D eigenvalue weighted by Gasteiger charge is 1.99. The van der Waals surface area contributed by atoms with Gasteiger partial charge in [0.2, 0.25) is 0 Å². The normalized spacial score (nSPS) is 14.3. The van der Waals surface area contributed by atoms with Crippen LogP contribution in [0, 0.1) is 11.6 Å². The molecule has 0 saturated carbocycles. The third kappa shape index (κ3) is 6.35. The molecule has 1 N–H and O–H groups in total. The average Bonchev–Trinajstić information content (AvgIpc) is 2.54. The van der Waals surface area contributed by atoms with Gasteiger partial charge in [0.05, 0.1) is 0 Å². The van der Waals surface area contributed by atoms with Crippen LogP contribution in [-0.4, -0.2) is 8.42 Å². The van der Waals surface area contributed by atoms with E-state index in [1.165, 1.54) is 71.5 Å². The van der Waals surface area contributed by atoms with Gasteiger partial charge < -0.3 is 0 Å². The molecule has 0 aliphatic heterocycles. The lowest BCUT2D eigenvalue weighted by Gasteiger charge is -1.97. The van der Waals surface area contributed by atoms with Gasteiger partial charge in [-0.1, -0.05) is 24.3 Å². The minimum Gasteiger partial charge on any atom is -0.237 e. The summed E-state index contributed by atoms with van der Waals surface area (Å²) in [6, 6.07) is 11.3. The van der Waals surface area contributed by atoms with E-state index in [-0.39, 0.29) is 11.6 Å². The molecule has 120 valence electrons. The summed E-state index contributed by atoms with van der Waals surface area (Å²) in [4.78, 5) is 0. The Morgan fingerprint density at radius 2 is 1.04 bits per heavy atom. The average molecular weight is 353 g/mol. The number of benzene rings is 2. The fourth-order valence-electron chi connectivity index (χ4n) is 1.57. The summed E-state index contributed by atoms with van der Waals surface area (Å²) in [7, 11) is -3.31. The topological polar surface area (TPSA) is 46.2 Å². The van der Waals surface area contributed by atoms with Gasteiger partial charge in [0.15, 0.2) is 0 Å². The van der Waals surface area contributed by atoms with Crippen LogP contribution in [0.1, 0.15) is 11.1 Å². The van der Waals surface area contributed by atoms with E-state index >= 15 is 0 Å². The molecule has 3 nitrogen and oxygen atoms in total. The number of rotatable bonds is 6. The van der Waals surface area contributed by atoms with Crippen LogP contribution in [-0.2, 0) is 22.0 Å². The summed E-state index contributed by atoms with van der Waals surface area (Å²) in [6.45, 7) is 0. The molecule has 2 atom stereocenters. The Labute approximate surface area is 137 Å². The van der Waals surface area contributed by atoms with E-state index in [4.69, 9.17) is 0 Å². The van der Waals surface area contributed by atoms with Crippen LogP contribution < -0.4 is 4.13 Å². The molecular formula is C16H13F2NO2S2. The molecule has 0 spiro atoms. The highest BCUT2D eigenvalue weighted by atomic mass is 32.3. The van der Waals surface area contributed by atoms with Gasteiger partial charge in [-0.25, -0.2) is 17.2 Å². The maximum atomic E-state index is 12.7. The Bertz CT molecular complexity index is 691. The van der Waals surface area contributed by atoms with Gasteiger partial charge >= 0.3 is 0 Å². The van der Waals surface area contributed by atoms with Crippen molar-refractivity contribution in [2.45, 2.75) is 0 Å². The zero-order valence-electron chi connectivity index (χ0n) is 11.8. The van der Waals surface area contributed by atoms with Crippen LogP contribution in [0.25, 0.3) is 12.2 Å². The van der Waals surface area contributed by atoms with Gasteiger partial charge in [0, 0.05) is 10.8 Å². The van der Waals surface area contributed by atoms with Crippen LogP contribution in [0.2, 0.25) is 0 Å². The Hall–Kier alpha value is -1.96. The molecule has 0 aliphatic carbocycles. The molecule has 0 saturated heterocycles. The second-order valence-corrected chi connectivity index (χ2v) is 6.79. The summed E-state index contributed by atoms with van der Waals surface area (Å²) in [5.74, 6) is -0.707. The second-order valence-electron chi connectivity index (χ2n) is 4.39. The zero-order valence-corrected chi connectivity index (χ0v) is 13.5. The Kier molecular flexibility index (Phi) is 6.52. The molecule has 2 aromatic rings. The first-order chi connectivity index (χ1) is 11.0. The second kappa shape index (κ2) is 8.61. The number of halogens is 2. The van der Waals surface area contributed by atoms with Gasteiger partial charge in [0.1, 0.15) is 33.6 Å². The first kappa shape index (κ1) is 17.4. The predicted molar refractivity (Wildman–Crippen MR) is 90.3 cm³/mol. The maximum Gasteiger partial charge on any atom is 0.129 e. The van der Waals surface area contributed by atoms with Crippen molar-refractivity contribution in [1.29, 1.82) is 0 Å². The zero-order chi connectivity index (χ0) is 16.7. The number of hydrogen-bond donors (Lipinski definition) is 1. The fourth-order valence-corrected chi connectivity index (χ4v) is 3.22. The SMILES string of the molecule is O=S(/C=C\c1ccc(F)cc1)NS(=O)/C=C/c1ccc(F)cc1. The van der Waals surface area contributed by atoms with E-state index in [1.54, 1.807) is 0 Å². The first-order valence-electron chi connectivity index (χ1n) is 6.48. The maximum absolute atomic E-state index is 12.7. The summed E-state index contributed by atoms with van der Waals surface area (Å²) in [5, 5.41) is 2.63. The largest absolute Gasteiger partial charge is 0.237 e. The van der Waals surface area contributed by atoms with Crippen molar-refractivity contribution in [3.8, 4) is 0 Å². The lowest BCUT2D eigenvalue weighted by Crippen LogP contribution is -2.15. The molecule has 7 heteroatoms. The van der Waals surface area contributed by atoms with Crippen molar-refractivity contribution in [2.75, 3.05) is 0 Å². The van der Waals surface area contributed by atoms with Crippen LogP contribution >= 0.6 is 0 Å². The molecule has 0 amide bonds. The molecule has 2 aromatic carbocycles. The minimum atomic E-state index is -1.65. The van der Waals surface area contributed by atoms with Gasteiger partial charge in [-0.2, -0.15) is 0 Å². The molecule has 0 aromatic heterocycles. The Morgan fingerprint density at radius 1 is 0.696 bits per heavy atom. The lowest BCUT2D eigenvalue weighted by atomic mass is 10.2. The summed E-state index contributed by atoms with van der Waals surface area (Å²) in [5.41, 5.74) is 1.35. The predicted octanol–water partition coefficient (Wildman–Crippen LogP) is 3.52. The molecular weight excluding hydrogens is 340 g/mol. The molecule has 23 heavy (non-hydrogen) atoms. The molecule has 2 unspecified atom stereocenters. The molecule has 0 fully saturated rings. The number of hydrogen-bond acceptors (Lipinski definition) is 2. The fraction of sp³-hybridized carbons (Fsp3) is 0. The van der Waals surface area contributed by atoms with Crippen molar-refractivity contribution >= 4 is 34.1 Å². The third-order valence-electron chi connectivity index (χ3n) is 2.67. The van der Waals surface area contributed by atoms with Crippen LogP contribution in [0.5, 0.6) is 0 Å². The van der Waals surface area contributed by atoms with Gasteiger partial charge in [-0.3, -0.25) is 0 Å². The molecule has 2 rings (SSSR count). The molecule has 0 heterocycles. The van der Waals surface area contributed by atoms with E-state index in [2.05, 4.69) is 4.13 Å². The van der Waals surface area contributed by atoms with Crippen molar-refractivity contribution in [2.24, 2.45) is 0 Å². The highest BCUT2D eigenvalue weighted by Crippen LogP contribution is 2.06. The first-order valence-corrected chi connectivity index (χ1v) is 8.90. The molecule has 0 bridgehead atoms. The van der Waals surface area contributed by atoms with Crippen molar-refractivity contribution in [3.05, 3.63) is 82.1 Å². The van der Waals surface area contributed by atoms with E-state index in [0.717, 1.165) is 0 Å². The van der Waals surface area contributed by atoms with Gasteiger partial charge in [-0.15, -0.1) is 4.13 Å². The van der Waals surface area contributed by atoms with Crippen molar-refractivity contribution in [3.63, 3.8) is 0 Å². The number of nitrogens with one attached hydrogen (secondary N) is 1. The van der Waals surface area contributed by atoms with E-state index < -0.39 is 22.0 Å². The summed E-state index contributed by atoms with van der Waals surface area (Å²) < 4.78 is 51.3. The molecule has 0 aliphatic rings. The smallest absolute Gasteiger partial charge is 0.129 e. The van der Waals surface area contributed by atoms with E-state index in [0.29, 0.717) is 11.1 Å². The quantitative estimate of drug-likeness (QED) is 0.864. The van der Waals surface area contributed by atoms with Gasteiger partial charge in [-0.05, 0) is 47.5 Å². The van der Waals surface area contributed by atoms with Crippen LogP contribution in [0.15, 0.2) is 59.3 Å².